The van der Waals surface area contributed by atoms with Crippen LogP contribution in [-0.2, 0) is 6.42 Å². The van der Waals surface area contributed by atoms with Crippen LogP contribution in [0.4, 0.5) is 11.4 Å². The van der Waals surface area contributed by atoms with Crippen LogP contribution < -0.4 is 10.6 Å². The maximum Gasteiger partial charge on any atom is 0.259 e. The van der Waals surface area contributed by atoms with Crippen molar-refractivity contribution in [1.29, 1.82) is 0 Å². The Morgan fingerprint density at radius 1 is 1.24 bits per heavy atom. The SMILES string of the molecule is O=C(Nc1ccc2c(c1)NCCC2)c1ccc(Br)cc1O. The summed E-state index contributed by atoms with van der Waals surface area (Å²) in [6.07, 6.45) is 2.19. The zero-order valence-electron chi connectivity index (χ0n) is 11.3. The molecule has 0 spiro atoms. The molecule has 21 heavy (non-hydrogen) atoms. The highest BCUT2D eigenvalue weighted by molar-refractivity contribution is 9.10. The molecule has 0 atom stereocenters. The fourth-order valence-corrected chi connectivity index (χ4v) is 2.78. The Labute approximate surface area is 131 Å². The molecular weight excluding hydrogens is 332 g/mol. The summed E-state index contributed by atoms with van der Waals surface area (Å²) in [5, 5.41) is 16.0. The Balaban J connectivity index is 1.81. The largest absolute Gasteiger partial charge is 0.507 e. The third-order valence-electron chi connectivity index (χ3n) is 3.51. The summed E-state index contributed by atoms with van der Waals surface area (Å²) in [5.74, 6) is -0.367. The van der Waals surface area contributed by atoms with Crippen molar-refractivity contribution in [3.63, 3.8) is 0 Å². The summed E-state index contributed by atoms with van der Waals surface area (Å²) in [7, 11) is 0. The summed E-state index contributed by atoms with van der Waals surface area (Å²) in [6, 6.07) is 10.7. The first-order valence-electron chi connectivity index (χ1n) is 6.80. The van der Waals surface area contributed by atoms with E-state index in [9.17, 15) is 9.90 Å². The molecule has 3 rings (SSSR count). The number of rotatable bonds is 2. The highest BCUT2D eigenvalue weighted by Gasteiger charge is 2.13. The van der Waals surface area contributed by atoms with E-state index in [4.69, 9.17) is 0 Å². The van der Waals surface area contributed by atoms with E-state index in [0.717, 1.165) is 35.2 Å². The van der Waals surface area contributed by atoms with Crippen LogP contribution in [0.15, 0.2) is 40.9 Å². The van der Waals surface area contributed by atoms with Gasteiger partial charge in [-0.25, -0.2) is 0 Å². The average molecular weight is 347 g/mol. The zero-order valence-corrected chi connectivity index (χ0v) is 12.9. The first-order valence-corrected chi connectivity index (χ1v) is 7.59. The number of carbonyl (C=O) groups excluding carboxylic acids is 1. The van der Waals surface area contributed by atoms with Crippen LogP contribution in [0.5, 0.6) is 5.75 Å². The summed E-state index contributed by atoms with van der Waals surface area (Å²) >= 11 is 3.25. The van der Waals surface area contributed by atoms with Gasteiger partial charge in [0.05, 0.1) is 5.56 Å². The molecule has 0 radical (unpaired) electrons. The van der Waals surface area contributed by atoms with Gasteiger partial charge in [0, 0.05) is 22.4 Å². The van der Waals surface area contributed by atoms with Crippen molar-refractivity contribution in [3.05, 3.63) is 52.0 Å². The van der Waals surface area contributed by atoms with Crippen molar-refractivity contribution >= 4 is 33.2 Å². The van der Waals surface area contributed by atoms with Gasteiger partial charge in [-0.15, -0.1) is 0 Å². The Morgan fingerprint density at radius 2 is 2.10 bits per heavy atom. The molecule has 1 aliphatic rings. The number of aromatic hydroxyl groups is 1. The Morgan fingerprint density at radius 3 is 2.90 bits per heavy atom. The second-order valence-electron chi connectivity index (χ2n) is 5.02. The first-order chi connectivity index (χ1) is 10.1. The van der Waals surface area contributed by atoms with Crippen molar-refractivity contribution in [1.82, 2.24) is 0 Å². The highest BCUT2D eigenvalue weighted by Crippen LogP contribution is 2.27. The molecule has 4 nitrogen and oxygen atoms in total. The van der Waals surface area contributed by atoms with E-state index < -0.39 is 0 Å². The first kappa shape index (κ1) is 13.9. The summed E-state index contributed by atoms with van der Waals surface area (Å²) in [4.78, 5) is 12.2. The van der Waals surface area contributed by atoms with E-state index in [2.05, 4.69) is 26.6 Å². The lowest BCUT2D eigenvalue weighted by Gasteiger charge is -2.19. The molecule has 108 valence electrons. The topological polar surface area (TPSA) is 61.4 Å². The van der Waals surface area contributed by atoms with Crippen LogP contribution >= 0.6 is 15.9 Å². The smallest absolute Gasteiger partial charge is 0.259 e. The number of hydrogen-bond donors (Lipinski definition) is 3. The van der Waals surface area contributed by atoms with Crippen LogP contribution in [0, 0.1) is 0 Å². The number of phenols is 1. The van der Waals surface area contributed by atoms with Crippen LogP contribution in [0.3, 0.4) is 0 Å². The number of hydrogen-bond acceptors (Lipinski definition) is 3. The Bertz CT molecular complexity index is 701. The number of halogens is 1. The minimum absolute atomic E-state index is 0.0436. The van der Waals surface area contributed by atoms with Gasteiger partial charge < -0.3 is 15.7 Å². The molecule has 1 heterocycles. The van der Waals surface area contributed by atoms with Gasteiger partial charge in [-0.2, -0.15) is 0 Å². The highest BCUT2D eigenvalue weighted by atomic mass is 79.9. The van der Waals surface area contributed by atoms with Crippen LogP contribution in [0.2, 0.25) is 0 Å². The molecule has 2 aromatic carbocycles. The second-order valence-corrected chi connectivity index (χ2v) is 5.93. The fourth-order valence-electron chi connectivity index (χ4n) is 2.43. The van der Waals surface area contributed by atoms with Gasteiger partial charge in [-0.05, 0) is 48.7 Å². The predicted molar refractivity (Wildman–Crippen MR) is 87.0 cm³/mol. The number of amides is 1. The summed E-state index contributed by atoms with van der Waals surface area (Å²) < 4.78 is 0.731. The molecule has 0 fully saturated rings. The van der Waals surface area contributed by atoms with Crippen LogP contribution in [-0.4, -0.2) is 17.6 Å². The molecule has 0 unspecified atom stereocenters. The maximum atomic E-state index is 12.2. The third kappa shape index (κ3) is 3.03. The van der Waals surface area contributed by atoms with Crippen LogP contribution in [0.1, 0.15) is 22.3 Å². The number of benzene rings is 2. The van der Waals surface area contributed by atoms with Crippen molar-refractivity contribution in [2.24, 2.45) is 0 Å². The number of phenolic OH excluding ortho intramolecular Hbond substituents is 1. The molecule has 2 aromatic rings. The Kier molecular flexibility index (Phi) is 3.84. The predicted octanol–water partition coefficient (Wildman–Crippen LogP) is 3.77. The molecular formula is C16H15BrN2O2. The normalized spacial score (nSPS) is 13.2. The Hall–Kier alpha value is -2.01. The van der Waals surface area contributed by atoms with E-state index in [1.54, 1.807) is 12.1 Å². The lowest BCUT2D eigenvalue weighted by atomic mass is 10.0. The quantitative estimate of drug-likeness (QED) is 0.775. The number of aryl methyl sites for hydroxylation is 1. The zero-order chi connectivity index (χ0) is 14.8. The van der Waals surface area contributed by atoms with Gasteiger partial charge in [0.1, 0.15) is 5.75 Å². The number of fused-ring (bicyclic) bond motifs is 1. The van der Waals surface area contributed by atoms with E-state index in [-0.39, 0.29) is 17.2 Å². The van der Waals surface area contributed by atoms with Crippen molar-refractivity contribution in [3.8, 4) is 5.75 Å². The maximum absolute atomic E-state index is 12.2. The van der Waals surface area contributed by atoms with Gasteiger partial charge in [0.2, 0.25) is 0 Å². The van der Waals surface area contributed by atoms with Crippen molar-refractivity contribution < 1.29 is 9.90 Å². The molecule has 5 heteroatoms. The average Bonchev–Trinajstić information content (AvgIpc) is 2.47. The van der Waals surface area contributed by atoms with E-state index in [0.29, 0.717) is 0 Å². The molecule has 0 saturated heterocycles. The molecule has 0 aromatic heterocycles. The molecule has 3 N–H and O–H groups in total. The number of nitrogens with one attached hydrogen (secondary N) is 2. The molecule has 1 amide bonds. The molecule has 0 bridgehead atoms. The summed E-state index contributed by atoms with van der Waals surface area (Å²) in [5.41, 5.74) is 3.31. The monoisotopic (exact) mass is 346 g/mol. The van der Waals surface area contributed by atoms with Gasteiger partial charge in [0.15, 0.2) is 0 Å². The molecule has 1 aliphatic heterocycles. The minimum atomic E-state index is -0.323. The van der Waals surface area contributed by atoms with Gasteiger partial charge >= 0.3 is 0 Å². The van der Waals surface area contributed by atoms with Crippen molar-refractivity contribution in [2.75, 3.05) is 17.2 Å². The summed E-state index contributed by atoms with van der Waals surface area (Å²) in [6.45, 7) is 0.956. The third-order valence-corrected chi connectivity index (χ3v) is 4.00. The number of anilines is 2. The fraction of sp³-hybridized carbons (Fsp3) is 0.188. The number of carbonyl (C=O) groups is 1. The lowest BCUT2D eigenvalue weighted by Crippen LogP contribution is -2.14. The van der Waals surface area contributed by atoms with Crippen molar-refractivity contribution in [2.45, 2.75) is 12.8 Å². The van der Waals surface area contributed by atoms with Gasteiger partial charge in [0.25, 0.3) is 5.91 Å². The van der Waals surface area contributed by atoms with Gasteiger partial charge in [-0.3, -0.25) is 4.79 Å². The molecule has 0 aliphatic carbocycles. The standard InChI is InChI=1S/C16H15BrN2O2/c17-11-4-6-13(15(20)8-11)16(21)19-12-5-3-10-2-1-7-18-14(10)9-12/h3-6,8-9,18,20H,1-2,7H2,(H,19,21). The van der Waals surface area contributed by atoms with Gasteiger partial charge in [-0.1, -0.05) is 22.0 Å². The van der Waals surface area contributed by atoms with Crippen LogP contribution in [0.25, 0.3) is 0 Å². The lowest BCUT2D eigenvalue weighted by molar-refractivity contribution is 0.102. The minimum Gasteiger partial charge on any atom is -0.507 e. The van der Waals surface area contributed by atoms with E-state index >= 15 is 0 Å². The van der Waals surface area contributed by atoms with E-state index in [1.807, 2.05) is 18.2 Å². The molecule has 0 saturated carbocycles. The van der Waals surface area contributed by atoms with E-state index in [1.165, 1.54) is 11.6 Å². The second kappa shape index (κ2) is 5.77.